The van der Waals surface area contributed by atoms with Gasteiger partial charge in [0.25, 0.3) is 0 Å². The van der Waals surface area contributed by atoms with E-state index in [1.165, 1.54) is 0 Å². The Hall–Kier alpha value is -2.72. The van der Waals surface area contributed by atoms with E-state index in [4.69, 9.17) is 0 Å². The third kappa shape index (κ3) is 4.72. The SMILES string of the molecule is CC1CC(C#N)NC(NC(C(=O)O)C(c2ccccc2)c2ccccc2)N1. The van der Waals surface area contributed by atoms with Crippen LogP contribution in [-0.2, 0) is 4.79 Å². The first-order chi connectivity index (χ1) is 13.1. The lowest BCUT2D eigenvalue weighted by atomic mass is 9.85. The molecule has 140 valence electrons. The van der Waals surface area contributed by atoms with Crippen molar-refractivity contribution in [1.29, 1.82) is 5.26 Å². The summed E-state index contributed by atoms with van der Waals surface area (Å²) in [4.78, 5) is 12.2. The average Bonchev–Trinajstić information content (AvgIpc) is 2.68. The van der Waals surface area contributed by atoms with Crippen LogP contribution < -0.4 is 16.0 Å². The van der Waals surface area contributed by atoms with Crippen LogP contribution in [-0.4, -0.2) is 35.5 Å². The first-order valence-electron chi connectivity index (χ1n) is 9.09. The average molecular weight is 364 g/mol. The molecule has 1 saturated heterocycles. The number of hydrogen-bond acceptors (Lipinski definition) is 5. The second-order valence-corrected chi connectivity index (χ2v) is 6.87. The normalized spacial score (nSPS) is 23.5. The summed E-state index contributed by atoms with van der Waals surface area (Å²) < 4.78 is 0. The number of carbonyl (C=O) groups is 1. The van der Waals surface area contributed by atoms with Crippen molar-refractivity contribution in [3.8, 4) is 6.07 Å². The number of nitrogens with one attached hydrogen (secondary N) is 3. The summed E-state index contributed by atoms with van der Waals surface area (Å²) in [6, 6.07) is 20.4. The molecule has 1 aliphatic rings. The molecule has 0 aliphatic carbocycles. The van der Waals surface area contributed by atoms with Crippen molar-refractivity contribution in [3.05, 3.63) is 71.8 Å². The van der Waals surface area contributed by atoms with E-state index in [9.17, 15) is 15.2 Å². The fourth-order valence-electron chi connectivity index (χ4n) is 3.60. The maximum Gasteiger partial charge on any atom is 0.321 e. The van der Waals surface area contributed by atoms with Gasteiger partial charge in [-0.2, -0.15) is 5.26 Å². The Bertz CT molecular complexity index is 751. The van der Waals surface area contributed by atoms with Crippen LogP contribution in [0.15, 0.2) is 60.7 Å². The van der Waals surface area contributed by atoms with Gasteiger partial charge in [-0.1, -0.05) is 60.7 Å². The van der Waals surface area contributed by atoms with Crippen molar-refractivity contribution in [3.63, 3.8) is 0 Å². The molecular weight excluding hydrogens is 340 g/mol. The first-order valence-corrected chi connectivity index (χ1v) is 9.09. The van der Waals surface area contributed by atoms with Crippen molar-refractivity contribution in [2.24, 2.45) is 0 Å². The van der Waals surface area contributed by atoms with Crippen LogP contribution in [0.5, 0.6) is 0 Å². The van der Waals surface area contributed by atoms with Crippen molar-refractivity contribution < 1.29 is 9.90 Å². The van der Waals surface area contributed by atoms with Crippen LogP contribution in [0, 0.1) is 11.3 Å². The van der Waals surface area contributed by atoms with Crippen LogP contribution in [0.25, 0.3) is 0 Å². The molecule has 1 fully saturated rings. The summed E-state index contributed by atoms with van der Waals surface area (Å²) >= 11 is 0. The van der Waals surface area contributed by atoms with Crippen LogP contribution in [0.2, 0.25) is 0 Å². The van der Waals surface area contributed by atoms with Crippen LogP contribution in [0.3, 0.4) is 0 Å². The number of carboxylic acids is 1. The number of carboxylic acid groups (broad SMARTS) is 1. The Kier molecular flexibility index (Phi) is 6.20. The highest BCUT2D eigenvalue weighted by Gasteiger charge is 2.35. The summed E-state index contributed by atoms with van der Waals surface area (Å²) in [7, 11) is 0. The lowest BCUT2D eigenvalue weighted by Crippen LogP contribution is -2.66. The summed E-state index contributed by atoms with van der Waals surface area (Å²) in [6.45, 7) is 1.99. The molecule has 3 rings (SSSR count). The molecule has 0 spiro atoms. The minimum atomic E-state index is -0.942. The quantitative estimate of drug-likeness (QED) is 0.626. The Labute approximate surface area is 159 Å². The van der Waals surface area contributed by atoms with E-state index in [1.54, 1.807) is 0 Å². The molecule has 2 aromatic carbocycles. The van der Waals surface area contributed by atoms with Gasteiger partial charge in [0, 0.05) is 12.0 Å². The molecule has 4 N–H and O–H groups in total. The lowest BCUT2D eigenvalue weighted by Gasteiger charge is -2.37. The molecular formula is C21H24N4O2. The molecule has 27 heavy (non-hydrogen) atoms. The number of aliphatic carboxylic acids is 1. The van der Waals surface area contributed by atoms with E-state index in [-0.39, 0.29) is 18.0 Å². The van der Waals surface area contributed by atoms with Gasteiger partial charge in [0.15, 0.2) is 0 Å². The van der Waals surface area contributed by atoms with Crippen LogP contribution in [0.1, 0.15) is 30.4 Å². The second kappa shape index (κ2) is 8.78. The zero-order valence-electron chi connectivity index (χ0n) is 15.2. The van der Waals surface area contributed by atoms with Crippen molar-refractivity contribution >= 4 is 5.97 Å². The number of nitrogens with zero attached hydrogens (tertiary/aromatic N) is 1. The Morgan fingerprint density at radius 2 is 1.67 bits per heavy atom. The van der Waals surface area contributed by atoms with Gasteiger partial charge in [-0.05, 0) is 24.5 Å². The van der Waals surface area contributed by atoms with Gasteiger partial charge in [-0.25, -0.2) is 0 Å². The zero-order valence-corrected chi connectivity index (χ0v) is 15.2. The zero-order chi connectivity index (χ0) is 19.2. The molecule has 2 aromatic rings. The number of rotatable bonds is 6. The van der Waals surface area contributed by atoms with Gasteiger partial charge >= 0.3 is 5.97 Å². The predicted octanol–water partition coefficient (Wildman–Crippen LogP) is 2.01. The highest BCUT2D eigenvalue weighted by atomic mass is 16.4. The highest BCUT2D eigenvalue weighted by molar-refractivity contribution is 5.76. The summed E-state index contributed by atoms with van der Waals surface area (Å²) in [6.07, 6.45) is 0.210. The third-order valence-corrected chi connectivity index (χ3v) is 4.83. The molecule has 0 amide bonds. The van der Waals surface area contributed by atoms with E-state index in [1.807, 2.05) is 67.6 Å². The van der Waals surface area contributed by atoms with E-state index in [0.29, 0.717) is 6.42 Å². The second-order valence-electron chi connectivity index (χ2n) is 6.87. The summed E-state index contributed by atoms with van der Waals surface area (Å²) in [5, 5.41) is 28.8. The smallest absolute Gasteiger partial charge is 0.321 e. The summed E-state index contributed by atoms with van der Waals surface area (Å²) in [5.74, 6) is -1.31. The van der Waals surface area contributed by atoms with Gasteiger partial charge in [0.1, 0.15) is 12.3 Å². The fourth-order valence-corrected chi connectivity index (χ4v) is 3.60. The largest absolute Gasteiger partial charge is 0.480 e. The maximum atomic E-state index is 12.2. The van der Waals surface area contributed by atoms with Crippen LogP contribution in [0.4, 0.5) is 0 Å². The lowest BCUT2D eigenvalue weighted by molar-refractivity contribution is -0.140. The monoisotopic (exact) mass is 364 g/mol. The van der Waals surface area contributed by atoms with Gasteiger partial charge in [-0.15, -0.1) is 0 Å². The molecule has 1 aliphatic heterocycles. The van der Waals surface area contributed by atoms with E-state index in [2.05, 4.69) is 22.0 Å². The Balaban J connectivity index is 1.92. The molecule has 0 saturated carbocycles. The highest BCUT2D eigenvalue weighted by Crippen LogP contribution is 2.28. The molecule has 1 heterocycles. The fraction of sp³-hybridized carbons (Fsp3) is 0.333. The summed E-state index contributed by atoms with van der Waals surface area (Å²) in [5.41, 5.74) is 1.84. The van der Waals surface area contributed by atoms with Crippen molar-refractivity contribution in [1.82, 2.24) is 16.0 Å². The Morgan fingerprint density at radius 1 is 1.11 bits per heavy atom. The number of benzene rings is 2. The van der Waals surface area contributed by atoms with Gasteiger partial charge in [0.2, 0.25) is 0 Å². The van der Waals surface area contributed by atoms with Crippen molar-refractivity contribution in [2.75, 3.05) is 0 Å². The minimum Gasteiger partial charge on any atom is -0.480 e. The number of hydrogen-bond donors (Lipinski definition) is 4. The molecule has 6 nitrogen and oxygen atoms in total. The van der Waals surface area contributed by atoms with E-state index >= 15 is 0 Å². The van der Waals surface area contributed by atoms with Gasteiger partial charge in [-0.3, -0.25) is 20.7 Å². The minimum absolute atomic E-state index is 0.106. The molecule has 6 heteroatoms. The molecule has 0 bridgehead atoms. The van der Waals surface area contributed by atoms with Crippen molar-refractivity contribution in [2.45, 2.75) is 43.7 Å². The topological polar surface area (TPSA) is 97.2 Å². The molecule has 0 aromatic heterocycles. The number of nitriles is 1. The molecule has 4 unspecified atom stereocenters. The molecule has 4 atom stereocenters. The maximum absolute atomic E-state index is 12.2. The molecule has 0 radical (unpaired) electrons. The third-order valence-electron chi connectivity index (χ3n) is 4.83. The van der Waals surface area contributed by atoms with E-state index in [0.717, 1.165) is 11.1 Å². The van der Waals surface area contributed by atoms with Gasteiger partial charge in [0.05, 0.1) is 12.1 Å². The van der Waals surface area contributed by atoms with E-state index < -0.39 is 18.3 Å². The van der Waals surface area contributed by atoms with Crippen LogP contribution >= 0.6 is 0 Å². The Morgan fingerprint density at radius 3 is 2.15 bits per heavy atom. The predicted molar refractivity (Wildman–Crippen MR) is 103 cm³/mol. The van der Waals surface area contributed by atoms with Gasteiger partial charge < -0.3 is 5.11 Å². The standard InChI is InChI=1S/C21H24N4O2/c1-14-12-17(13-22)24-21(23-14)25-19(20(26)27)18(15-8-4-2-5-9-15)16-10-6-3-7-11-16/h2-11,14,17-19,21,23-25H,12H2,1H3,(H,26,27). The first kappa shape index (κ1) is 19.1.